The normalized spacial score (nSPS) is 11.6. The predicted molar refractivity (Wildman–Crippen MR) is 62.4 cm³/mol. The second-order valence-corrected chi connectivity index (χ2v) is 4.64. The third-order valence-corrected chi connectivity index (χ3v) is 2.29. The quantitative estimate of drug-likeness (QED) is 0.441. The Morgan fingerprint density at radius 3 is 2.57 bits per heavy atom. The van der Waals surface area contributed by atoms with Crippen LogP contribution in [0.4, 0.5) is 0 Å². The van der Waals surface area contributed by atoms with E-state index >= 15 is 0 Å². The van der Waals surface area contributed by atoms with Crippen molar-refractivity contribution >= 4 is 0 Å². The van der Waals surface area contributed by atoms with Gasteiger partial charge in [0.15, 0.2) is 0 Å². The molecule has 0 spiro atoms. The lowest BCUT2D eigenvalue weighted by atomic mass is 9.95. The Labute approximate surface area is 88.4 Å². The first kappa shape index (κ1) is 13.7. The zero-order chi connectivity index (χ0) is 10.9. The SMILES string of the molecule is C=CCCCCCNCC(C)(C)CO. The summed E-state index contributed by atoms with van der Waals surface area (Å²) in [6.07, 6.45) is 6.83. The Kier molecular flexibility index (Phi) is 7.81. The van der Waals surface area contributed by atoms with Crippen LogP contribution < -0.4 is 5.32 Å². The van der Waals surface area contributed by atoms with Gasteiger partial charge in [0.25, 0.3) is 0 Å². The van der Waals surface area contributed by atoms with Crippen molar-refractivity contribution < 1.29 is 5.11 Å². The van der Waals surface area contributed by atoms with Gasteiger partial charge in [-0.1, -0.05) is 26.3 Å². The highest BCUT2D eigenvalue weighted by atomic mass is 16.3. The molecule has 0 aliphatic rings. The number of rotatable bonds is 9. The monoisotopic (exact) mass is 199 g/mol. The highest BCUT2D eigenvalue weighted by Crippen LogP contribution is 2.11. The molecule has 0 fully saturated rings. The van der Waals surface area contributed by atoms with Crippen LogP contribution in [-0.2, 0) is 0 Å². The van der Waals surface area contributed by atoms with Gasteiger partial charge in [-0.3, -0.25) is 0 Å². The molecule has 14 heavy (non-hydrogen) atoms. The third kappa shape index (κ3) is 8.27. The van der Waals surface area contributed by atoms with Gasteiger partial charge in [-0.2, -0.15) is 0 Å². The molecule has 0 amide bonds. The van der Waals surface area contributed by atoms with Crippen LogP contribution in [0.15, 0.2) is 12.7 Å². The van der Waals surface area contributed by atoms with Gasteiger partial charge < -0.3 is 10.4 Å². The molecule has 0 heterocycles. The Morgan fingerprint density at radius 2 is 2.00 bits per heavy atom. The summed E-state index contributed by atoms with van der Waals surface area (Å²) in [7, 11) is 0. The fraction of sp³-hybridized carbons (Fsp3) is 0.833. The van der Waals surface area contributed by atoms with Gasteiger partial charge >= 0.3 is 0 Å². The number of aliphatic hydroxyl groups is 1. The summed E-state index contributed by atoms with van der Waals surface area (Å²) in [4.78, 5) is 0. The maximum absolute atomic E-state index is 9.02. The maximum atomic E-state index is 9.02. The van der Waals surface area contributed by atoms with E-state index in [4.69, 9.17) is 5.11 Å². The average molecular weight is 199 g/mol. The number of hydrogen-bond donors (Lipinski definition) is 2. The van der Waals surface area contributed by atoms with Crippen LogP contribution >= 0.6 is 0 Å². The Morgan fingerprint density at radius 1 is 1.29 bits per heavy atom. The van der Waals surface area contributed by atoms with Crippen LogP contribution in [0.1, 0.15) is 39.5 Å². The summed E-state index contributed by atoms with van der Waals surface area (Å²) in [6.45, 7) is 10.0. The molecule has 2 N–H and O–H groups in total. The fourth-order valence-electron chi connectivity index (χ4n) is 1.20. The van der Waals surface area contributed by atoms with E-state index in [0.717, 1.165) is 19.5 Å². The minimum absolute atomic E-state index is 0.0150. The van der Waals surface area contributed by atoms with Crippen LogP contribution in [0, 0.1) is 5.41 Å². The number of unbranched alkanes of at least 4 members (excludes halogenated alkanes) is 3. The van der Waals surface area contributed by atoms with E-state index in [-0.39, 0.29) is 12.0 Å². The first-order chi connectivity index (χ1) is 6.62. The second-order valence-electron chi connectivity index (χ2n) is 4.64. The number of allylic oxidation sites excluding steroid dienone is 1. The molecule has 0 aromatic rings. The van der Waals surface area contributed by atoms with Crippen molar-refractivity contribution in [1.82, 2.24) is 5.32 Å². The molecule has 0 bridgehead atoms. The second kappa shape index (κ2) is 8.01. The van der Waals surface area contributed by atoms with Gasteiger partial charge in [-0.05, 0) is 25.8 Å². The molecule has 0 aromatic carbocycles. The van der Waals surface area contributed by atoms with Crippen LogP contribution in [0.5, 0.6) is 0 Å². The summed E-state index contributed by atoms with van der Waals surface area (Å²) >= 11 is 0. The van der Waals surface area contributed by atoms with Crippen molar-refractivity contribution in [2.24, 2.45) is 5.41 Å². The molecular formula is C12H25NO. The molecule has 84 valence electrons. The van der Waals surface area contributed by atoms with Gasteiger partial charge in [-0.25, -0.2) is 0 Å². The largest absolute Gasteiger partial charge is 0.396 e. The molecule has 0 unspecified atom stereocenters. The highest BCUT2D eigenvalue weighted by molar-refractivity contribution is 4.70. The van der Waals surface area contributed by atoms with Gasteiger partial charge in [-0.15, -0.1) is 6.58 Å². The molecule has 0 rings (SSSR count). The summed E-state index contributed by atoms with van der Waals surface area (Å²) in [6, 6.07) is 0. The third-order valence-electron chi connectivity index (χ3n) is 2.29. The molecule has 0 saturated heterocycles. The van der Waals surface area contributed by atoms with Crippen molar-refractivity contribution in [3.05, 3.63) is 12.7 Å². The summed E-state index contributed by atoms with van der Waals surface area (Å²) in [5, 5.41) is 12.4. The van der Waals surface area contributed by atoms with Gasteiger partial charge in [0.2, 0.25) is 0 Å². The molecule has 0 aliphatic heterocycles. The fourth-order valence-corrected chi connectivity index (χ4v) is 1.20. The smallest absolute Gasteiger partial charge is 0.0494 e. The Balaban J connectivity index is 3.17. The lowest BCUT2D eigenvalue weighted by molar-refractivity contribution is 0.157. The van der Waals surface area contributed by atoms with Crippen LogP contribution in [-0.4, -0.2) is 24.8 Å². The molecule has 2 heteroatoms. The topological polar surface area (TPSA) is 32.3 Å². The summed E-state index contributed by atoms with van der Waals surface area (Å²) in [5.74, 6) is 0. The van der Waals surface area contributed by atoms with Crippen molar-refractivity contribution in [2.75, 3.05) is 19.7 Å². The lowest BCUT2D eigenvalue weighted by Gasteiger charge is -2.21. The van der Waals surface area contributed by atoms with Crippen molar-refractivity contribution in [1.29, 1.82) is 0 Å². The molecule has 2 nitrogen and oxygen atoms in total. The van der Waals surface area contributed by atoms with Crippen LogP contribution in [0.3, 0.4) is 0 Å². The van der Waals surface area contributed by atoms with Crippen molar-refractivity contribution in [2.45, 2.75) is 39.5 Å². The van der Waals surface area contributed by atoms with Crippen molar-refractivity contribution in [3.63, 3.8) is 0 Å². The standard InChI is InChI=1S/C12H25NO/c1-4-5-6-7-8-9-13-10-12(2,3)11-14/h4,13-14H,1,5-11H2,2-3H3. The van der Waals surface area contributed by atoms with E-state index in [2.05, 4.69) is 25.7 Å². The van der Waals surface area contributed by atoms with E-state index in [0.29, 0.717) is 0 Å². The van der Waals surface area contributed by atoms with E-state index in [9.17, 15) is 0 Å². The maximum Gasteiger partial charge on any atom is 0.0494 e. The lowest BCUT2D eigenvalue weighted by Crippen LogP contribution is -2.32. The number of nitrogens with one attached hydrogen (secondary N) is 1. The molecule has 0 saturated carbocycles. The Bertz CT molecular complexity index is 143. The van der Waals surface area contributed by atoms with Crippen LogP contribution in [0.25, 0.3) is 0 Å². The molecular weight excluding hydrogens is 174 g/mol. The number of hydrogen-bond acceptors (Lipinski definition) is 2. The van der Waals surface area contributed by atoms with Gasteiger partial charge in [0.1, 0.15) is 0 Å². The average Bonchev–Trinajstić information content (AvgIpc) is 2.16. The predicted octanol–water partition coefficient (Wildman–Crippen LogP) is 2.34. The number of aliphatic hydroxyl groups excluding tert-OH is 1. The van der Waals surface area contributed by atoms with E-state index in [1.54, 1.807) is 0 Å². The van der Waals surface area contributed by atoms with Crippen molar-refractivity contribution in [3.8, 4) is 0 Å². The minimum atomic E-state index is 0.0150. The molecule has 0 aliphatic carbocycles. The zero-order valence-electron chi connectivity index (χ0n) is 9.68. The van der Waals surface area contributed by atoms with E-state index in [1.807, 2.05) is 6.08 Å². The van der Waals surface area contributed by atoms with E-state index < -0.39 is 0 Å². The Hall–Kier alpha value is -0.340. The first-order valence-electron chi connectivity index (χ1n) is 5.55. The zero-order valence-corrected chi connectivity index (χ0v) is 9.68. The molecule has 0 aromatic heterocycles. The first-order valence-corrected chi connectivity index (χ1v) is 5.55. The molecule has 0 atom stereocenters. The highest BCUT2D eigenvalue weighted by Gasteiger charge is 2.14. The van der Waals surface area contributed by atoms with Gasteiger partial charge in [0.05, 0.1) is 0 Å². The summed E-state index contributed by atoms with van der Waals surface area (Å²) in [5.41, 5.74) is 0.0150. The van der Waals surface area contributed by atoms with Gasteiger partial charge in [0, 0.05) is 18.6 Å². The minimum Gasteiger partial charge on any atom is -0.396 e. The molecule has 0 radical (unpaired) electrons. The van der Waals surface area contributed by atoms with E-state index in [1.165, 1.54) is 19.3 Å². The van der Waals surface area contributed by atoms with Crippen LogP contribution in [0.2, 0.25) is 0 Å². The summed E-state index contributed by atoms with van der Waals surface area (Å²) < 4.78 is 0.